The van der Waals surface area contributed by atoms with E-state index in [1.54, 1.807) is 0 Å². The monoisotopic (exact) mass is 328 g/mol. The standard InChI is InChI=1S/C18H36N2O3/c1-3-4-5-6-7-8-9-10-11-12-13-17(19-2)16-20(14-15-21)18(22)23/h15,17,19H,3-14,16H2,1-2H3,(H,22,23). The number of likely N-dealkylation sites (N-methyl/N-ethyl adjacent to an activating group) is 1. The minimum absolute atomic E-state index is 0.0501. The van der Waals surface area contributed by atoms with Gasteiger partial charge in [0, 0.05) is 12.6 Å². The molecule has 1 atom stereocenters. The van der Waals surface area contributed by atoms with Crippen LogP contribution in [0.25, 0.3) is 0 Å². The first-order valence-corrected chi connectivity index (χ1v) is 9.24. The zero-order valence-electron chi connectivity index (χ0n) is 15.1. The Labute approximate surface area is 141 Å². The van der Waals surface area contributed by atoms with Gasteiger partial charge >= 0.3 is 6.09 Å². The van der Waals surface area contributed by atoms with Crippen LogP contribution < -0.4 is 5.32 Å². The van der Waals surface area contributed by atoms with Gasteiger partial charge in [-0.25, -0.2) is 4.79 Å². The van der Waals surface area contributed by atoms with Crippen LogP contribution in [0, 0.1) is 0 Å². The first-order chi connectivity index (χ1) is 11.2. The molecule has 0 aliphatic carbocycles. The second-order valence-corrected chi connectivity index (χ2v) is 6.31. The molecule has 0 aromatic rings. The molecule has 0 spiro atoms. The minimum atomic E-state index is -1.03. The third-order valence-electron chi connectivity index (χ3n) is 4.32. The van der Waals surface area contributed by atoms with Crippen LogP contribution in [0.1, 0.15) is 77.6 Å². The molecule has 136 valence electrons. The van der Waals surface area contributed by atoms with Crippen molar-refractivity contribution in [1.29, 1.82) is 0 Å². The van der Waals surface area contributed by atoms with Gasteiger partial charge in [0.25, 0.3) is 0 Å². The molecule has 0 aliphatic rings. The molecular formula is C18H36N2O3. The van der Waals surface area contributed by atoms with Crippen molar-refractivity contribution in [3.8, 4) is 0 Å². The maximum Gasteiger partial charge on any atom is 0.407 e. The second-order valence-electron chi connectivity index (χ2n) is 6.31. The Hall–Kier alpha value is -1.10. The number of carbonyl (C=O) groups excluding carboxylic acids is 1. The quantitative estimate of drug-likeness (QED) is 0.331. The van der Waals surface area contributed by atoms with E-state index < -0.39 is 6.09 Å². The Morgan fingerprint density at radius 1 is 1.04 bits per heavy atom. The predicted molar refractivity (Wildman–Crippen MR) is 95.0 cm³/mol. The first-order valence-electron chi connectivity index (χ1n) is 9.24. The summed E-state index contributed by atoms with van der Waals surface area (Å²) in [7, 11) is 1.85. The summed E-state index contributed by atoms with van der Waals surface area (Å²) in [6.45, 7) is 2.57. The molecule has 23 heavy (non-hydrogen) atoms. The zero-order valence-corrected chi connectivity index (χ0v) is 15.1. The molecule has 5 nitrogen and oxygen atoms in total. The van der Waals surface area contributed by atoms with Gasteiger partial charge < -0.3 is 15.2 Å². The smallest absolute Gasteiger partial charge is 0.407 e. The zero-order chi connectivity index (χ0) is 17.3. The molecule has 0 fully saturated rings. The maximum atomic E-state index is 11.0. The number of unbranched alkanes of at least 4 members (excludes halogenated alkanes) is 9. The lowest BCUT2D eigenvalue weighted by Gasteiger charge is -2.23. The fraction of sp³-hybridized carbons (Fsp3) is 0.889. The lowest BCUT2D eigenvalue weighted by molar-refractivity contribution is -0.108. The summed E-state index contributed by atoms with van der Waals surface area (Å²) in [4.78, 5) is 22.7. The number of carbonyl (C=O) groups is 2. The van der Waals surface area contributed by atoms with Crippen molar-refractivity contribution in [3.05, 3.63) is 0 Å². The SMILES string of the molecule is CCCCCCCCCCCCC(CN(CC=O)C(=O)O)NC. The van der Waals surface area contributed by atoms with E-state index in [0.717, 1.165) is 12.8 Å². The summed E-state index contributed by atoms with van der Waals surface area (Å²) < 4.78 is 0. The number of rotatable bonds is 16. The highest BCUT2D eigenvalue weighted by atomic mass is 16.4. The highest BCUT2D eigenvalue weighted by Crippen LogP contribution is 2.12. The van der Waals surface area contributed by atoms with Crippen molar-refractivity contribution in [1.82, 2.24) is 10.2 Å². The van der Waals surface area contributed by atoms with E-state index in [9.17, 15) is 9.59 Å². The van der Waals surface area contributed by atoms with E-state index in [4.69, 9.17) is 5.11 Å². The molecule has 0 saturated carbocycles. The molecule has 0 radical (unpaired) electrons. The van der Waals surface area contributed by atoms with Gasteiger partial charge in [0.2, 0.25) is 0 Å². The normalized spacial score (nSPS) is 12.1. The highest BCUT2D eigenvalue weighted by Gasteiger charge is 2.16. The van der Waals surface area contributed by atoms with Gasteiger partial charge in [0.05, 0.1) is 6.54 Å². The molecule has 0 bridgehead atoms. The average molecular weight is 328 g/mol. The van der Waals surface area contributed by atoms with E-state index >= 15 is 0 Å². The van der Waals surface area contributed by atoms with Gasteiger partial charge in [-0.05, 0) is 13.5 Å². The summed E-state index contributed by atoms with van der Waals surface area (Å²) in [6, 6.07) is 0.125. The van der Waals surface area contributed by atoms with Crippen LogP contribution in [0.3, 0.4) is 0 Å². The Morgan fingerprint density at radius 3 is 2.00 bits per heavy atom. The van der Waals surface area contributed by atoms with Crippen molar-refractivity contribution < 1.29 is 14.7 Å². The van der Waals surface area contributed by atoms with Gasteiger partial charge in [0.1, 0.15) is 6.29 Å². The number of nitrogens with one attached hydrogen (secondary N) is 1. The van der Waals surface area contributed by atoms with Crippen LogP contribution in [-0.4, -0.2) is 48.6 Å². The van der Waals surface area contributed by atoms with Crippen LogP contribution in [0.4, 0.5) is 4.79 Å². The molecule has 1 amide bonds. The number of nitrogens with zero attached hydrogens (tertiary/aromatic N) is 1. The summed E-state index contributed by atoms with van der Waals surface area (Å²) in [5.41, 5.74) is 0. The van der Waals surface area contributed by atoms with Gasteiger partial charge in [-0.15, -0.1) is 0 Å². The number of amides is 1. The Bertz CT molecular complexity index is 298. The van der Waals surface area contributed by atoms with Crippen LogP contribution >= 0.6 is 0 Å². The van der Waals surface area contributed by atoms with Gasteiger partial charge in [-0.1, -0.05) is 71.1 Å². The van der Waals surface area contributed by atoms with Crippen molar-refractivity contribution in [3.63, 3.8) is 0 Å². The molecule has 0 aliphatic heterocycles. The Balaban J connectivity index is 3.63. The minimum Gasteiger partial charge on any atom is -0.465 e. The summed E-state index contributed by atoms with van der Waals surface area (Å²) in [5.74, 6) is 0. The molecule has 0 aromatic heterocycles. The van der Waals surface area contributed by atoms with Crippen LogP contribution in [0.2, 0.25) is 0 Å². The van der Waals surface area contributed by atoms with Crippen LogP contribution in [0.15, 0.2) is 0 Å². The number of hydrogen-bond donors (Lipinski definition) is 2. The Kier molecular flexibility index (Phi) is 15.0. The third kappa shape index (κ3) is 13.1. The van der Waals surface area contributed by atoms with Crippen molar-refractivity contribution in [2.24, 2.45) is 0 Å². The predicted octanol–water partition coefficient (Wildman–Crippen LogP) is 4.06. The fourth-order valence-electron chi connectivity index (χ4n) is 2.79. The Morgan fingerprint density at radius 2 is 1.57 bits per heavy atom. The average Bonchev–Trinajstić information content (AvgIpc) is 2.54. The fourth-order valence-corrected chi connectivity index (χ4v) is 2.79. The third-order valence-corrected chi connectivity index (χ3v) is 4.32. The number of hydrogen-bond acceptors (Lipinski definition) is 3. The highest BCUT2D eigenvalue weighted by molar-refractivity contribution is 5.69. The molecule has 0 aromatic carbocycles. The second kappa shape index (κ2) is 15.8. The lowest BCUT2D eigenvalue weighted by Crippen LogP contribution is -2.42. The first kappa shape index (κ1) is 21.9. The molecule has 2 N–H and O–H groups in total. The summed E-state index contributed by atoms with van der Waals surface area (Å²) in [6.07, 6.45) is 13.6. The van der Waals surface area contributed by atoms with E-state index in [1.807, 2.05) is 7.05 Å². The van der Waals surface area contributed by atoms with Gasteiger partial charge in [-0.2, -0.15) is 0 Å². The van der Waals surface area contributed by atoms with Crippen molar-refractivity contribution in [2.45, 2.75) is 83.6 Å². The molecule has 0 rings (SSSR count). The van der Waals surface area contributed by atoms with E-state index in [0.29, 0.717) is 12.8 Å². The van der Waals surface area contributed by atoms with Gasteiger partial charge in [0.15, 0.2) is 0 Å². The summed E-state index contributed by atoms with van der Waals surface area (Å²) in [5, 5.41) is 12.2. The van der Waals surface area contributed by atoms with E-state index in [2.05, 4.69) is 12.2 Å². The molecule has 0 saturated heterocycles. The van der Waals surface area contributed by atoms with Gasteiger partial charge in [-0.3, -0.25) is 4.90 Å². The van der Waals surface area contributed by atoms with Crippen molar-refractivity contribution in [2.75, 3.05) is 20.1 Å². The van der Waals surface area contributed by atoms with Crippen molar-refractivity contribution >= 4 is 12.4 Å². The topological polar surface area (TPSA) is 69.6 Å². The van der Waals surface area contributed by atoms with E-state index in [-0.39, 0.29) is 12.6 Å². The molecule has 5 heteroatoms. The van der Waals surface area contributed by atoms with Crippen LogP contribution in [-0.2, 0) is 4.79 Å². The number of aldehydes is 1. The largest absolute Gasteiger partial charge is 0.465 e. The molecular weight excluding hydrogens is 292 g/mol. The number of carboxylic acid groups (broad SMARTS) is 1. The van der Waals surface area contributed by atoms with E-state index in [1.165, 1.54) is 62.7 Å². The lowest BCUT2D eigenvalue weighted by atomic mass is 10.0. The maximum absolute atomic E-state index is 11.0. The molecule has 0 heterocycles. The van der Waals surface area contributed by atoms with Crippen LogP contribution in [0.5, 0.6) is 0 Å². The summed E-state index contributed by atoms with van der Waals surface area (Å²) >= 11 is 0. The molecule has 1 unspecified atom stereocenters.